The maximum atomic E-state index is 14.0. The molecule has 2 aromatic rings. The molecule has 2 aromatic carbocycles. The van der Waals surface area contributed by atoms with Crippen LogP contribution in [0.2, 0.25) is 0 Å². The normalized spacial score (nSPS) is 19.4. The molecule has 0 bridgehead atoms. The van der Waals surface area contributed by atoms with Crippen molar-refractivity contribution >= 4 is 24.0 Å². The molecular weight excluding hydrogens is 508 g/mol. The van der Waals surface area contributed by atoms with Gasteiger partial charge in [-0.2, -0.15) is 0 Å². The second-order valence-electron chi connectivity index (χ2n) is 11.0. The van der Waals surface area contributed by atoms with Crippen LogP contribution < -0.4 is 5.32 Å². The van der Waals surface area contributed by atoms with E-state index in [1.54, 1.807) is 19.3 Å². The summed E-state index contributed by atoms with van der Waals surface area (Å²) in [6.07, 6.45) is 3.40. The largest absolute Gasteiger partial charge is 0.467 e. The van der Waals surface area contributed by atoms with Crippen molar-refractivity contribution in [2.75, 3.05) is 27.4 Å². The fraction of sp³-hybridized carbons (Fsp3) is 0.406. The van der Waals surface area contributed by atoms with Crippen molar-refractivity contribution in [3.05, 3.63) is 78.9 Å². The minimum atomic E-state index is -0.979. The molecule has 3 rings (SSSR count). The summed E-state index contributed by atoms with van der Waals surface area (Å²) in [6.45, 7) is 13.2. The lowest BCUT2D eigenvalue weighted by molar-refractivity contribution is -0.152. The average molecular weight is 549 g/mol. The first kappa shape index (κ1) is 30.6. The van der Waals surface area contributed by atoms with Crippen molar-refractivity contribution in [3.8, 4) is 11.1 Å². The molecule has 1 heterocycles. The van der Waals surface area contributed by atoms with Crippen LogP contribution in [0.25, 0.3) is 17.2 Å². The van der Waals surface area contributed by atoms with Gasteiger partial charge in [-0.15, -0.1) is 6.58 Å². The van der Waals surface area contributed by atoms with Crippen LogP contribution in [-0.4, -0.2) is 62.3 Å². The zero-order valence-corrected chi connectivity index (χ0v) is 24.1. The highest BCUT2D eigenvalue weighted by Crippen LogP contribution is 2.41. The van der Waals surface area contributed by atoms with E-state index < -0.39 is 41.1 Å². The van der Waals surface area contributed by atoms with Crippen molar-refractivity contribution < 1.29 is 28.6 Å². The Balaban J connectivity index is 1.98. The van der Waals surface area contributed by atoms with Crippen molar-refractivity contribution in [2.24, 2.45) is 5.41 Å². The first-order valence-corrected chi connectivity index (χ1v) is 13.3. The number of ether oxygens (including phenoxy) is 3. The first-order valence-electron chi connectivity index (χ1n) is 13.3. The number of hydrogen-bond acceptors (Lipinski definition) is 6. The number of likely N-dealkylation sites (tertiary alicyclic amines) is 1. The predicted molar refractivity (Wildman–Crippen MR) is 155 cm³/mol. The van der Waals surface area contributed by atoms with Gasteiger partial charge < -0.3 is 24.4 Å². The Morgan fingerprint density at radius 3 is 2.38 bits per heavy atom. The molecule has 3 atom stereocenters. The monoisotopic (exact) mass is 548 g/mol. The molecule has 0 aromatic heterocycles. The van der Waals surface area contributed by atoms with Gasteiger partial charge in [-0.3, -0.25) is 4.79 Å². The minimum Gasteiger partial charge on any atom is -0.467 e. The smallest absolute Gasteiger partial charge is 0.407 e. The lowest BCUT2D eigenvalue weighted by Gasteiger charge is -2.35. The van der Waals surface area contributed by atoms with Crippen molar-refractivity contribution in [2.45, 2.75) is 51.3 Å². The Bertz CT molecular complexity index is 1250. The number of amides is 2. The summed E-state index contributed by atoms with van der Waals surface area (Å²) in [6, 6.07) is 14.0. The summed E-state index contributed by atoms with van der Waals surface area (Å²) in [5.41, 5.74) is 2.14. The van der Waals surface area contributed by atoms with Crippen molar-refractivity contribution in [1.29, 1.82) is 0 Å². The molecule has 0 aliphatic carbocycles. The number of carbonyl (C=O) groups is 3. The number of esters is 1. The summed E-state index contributed by atoms with van der Waals surface area (Å²) in [5, 5.41) is 2.71. The fourth-order valence-corrected chi connectivity index (χ4v) is 4.96. The quantitative estimate of drug-likeness (QED) is 0.245. The molecule has 1 saturated heterocycles. The van der Waals surface area contributed by atoms with E-state index in [4.69, 9.17) is 14.2 Å². The number of rotatable bonds is 10. The molecule has 2 amide bonds. The average Bonchev–Trinajstić information content (AvgIpc) is 3.36. The summed E-state index contributed by atoms with van der Waals surface area (Å²) >= 11 is 0. The molecule has 0 spiro atoms. The Hall–Kier alpha value is -3.91. The molecule has 1 unspecified atom stereocenters. The Labute approximate surface area is 237 Å². The van der Waals surface area contributed by atoms with Gasteiger partial charge in [0, 0.05) is 13.5 Å². The van der Waals surface area contributed by atoms with Gasteiger partial charge >= 0.3 is 12.1 Å². The van der Waals surface area contributed by atoms with Gasteiger partial charge in [0.25, 0.3) is 0 Å². The molecule has 0 saturated carbocycles. The van der Waals surface area contributed by atoms with Gasteiger partial charge in [-0.1, -0.05) is 75.9 Å². The van der Waals surface area contributed by atoms with Crippen LogP contribution in [-0.2, 0) is 29.4 Å². The minimum absolute atomic E-state index is 0.0953. The Kier molecular flexibility index (Phi) is 9.93. The molecular formula is C32H40N2O6. The van der Waals surface area contributed by atoms with Crippen LogP contribution in [0.3, 0.4) is 0 Å². The highest BCUT2D eigenvalue weighted by atomic mass is 16.5. The third-order valence-electron chi connectivity index (χ3n) is 7.25. The number of benzene rings is 2. The zero-order valence-electron chi connectivity index (χ0n) is 24.1. The number of hydrogen-bond donors (Lipinski definition) is 1. The summed E-state index contributed by atoms with van der Waals surface area (Å²) in [7, 11) is 2.87. The molecule has 40 heavy (non-hydrogen) atoms. The molecule has 1 aliphatic rings. The summed E-state index contributed by atoms with van der Waals surface area (Å²) in [4.78, 5) is 41.0. The molecule has 1 N–H and O–H groups in total. The van der Waals surface area contributed by atoms with E-state index in [9.17, 15) is 14.4 Å². The van der Waals surface area contributed by atoms with Crippen LogP contribution in [0.4, 0.5) is 4.79 Å². The highest BCUT2D eigenvalue weighted by molar-refractivity contribution is 5.91. The number of nitrogens with zero attached hydrogens (tertiary/aromatic N) is 1. The number of nitrogens with one attached hydrogen (secondary N) is 1. The van der Waals surface area contributed by atoms with Gasteiger partial charge in [0.05, 0.1) is 20.3 Å². The number of alkyl carbamates (subject to hydrolysis) is 1. The van der Waals surface area contributed by atoms with E-state index in [1.165, 1.54) is 12.0 Å². The maximum absolute atomic E-state index is 14.0. The predicted octanol–water partition coefficient (Wildman–Crippen LogP) is 5.33. The van der Waals surface area contributed by atoms with Crippen LogP contribution in [0.1, 0.15) is 44.7 Å². The molecule has 1 aliphatic heterocycles. The van der Waals surface area contributed by atoms with Gasteiger partial charge in [-0.25, -0.2) is 9.59 Å². The molecule has 214 valence electrons. The second-order valence-corrected chi connectivity index (χ2v) is 11.0. The van der Waals surface area contributed by atoms with E-state index in [1.807, 2.05) is 69.3 Å². The van der Waals surface area contributed by atoms with Crippen LogP contribution >= 0.6 is 0 Å². The van der Waals surface area contributed by atoms with Gasteiger partial charge in [-0.05, 0) is 46.2 Å². The summed E-state index contributed by atoms with van der Waals surface area (Å²) in [5.74, 6) is -0.972. The van der Waals surface area contributed by atoms with E-state index in [2.05, 4.69) is 18.5 Å². The van der Waals surface area contributed by atoms with Crippen LogP contribution in [0.5, 0.6) is 0 Å². The van der Waals surface area contributed by atoms with Gasteiger partial charge in [0.15, 0.2) is 0 Å². The molecule has 8 nitrogen and oxygen atoms in total. The first-order chi connectivity index (χ1) is 19.0. The lowest BCUT2D eigenvalue weighted by Crippen LogP contribution is -2.57. The Morgan fingerprint density at radius 2 is 1.77 bits per heavy atom. The van der Waals surface area contributed by atoms with E-state index in [0.717, 1.165) is 22.3 Å². The fourth-order valence-electron chi connectivity index (χ4n) is 4.96. The van der Waals surface area contributed by atoms with E-state index in [-0.39, 0.29) is 19.6 Å². The zero-order chi connectivity index (χ0) is 29.5. The summed E-state index contributed by atoms with van der Waals surface area (Å²) < 4.78 is 16.4. The second kappa shape index (κ2) is 13.0. The van der Waals surface area contributed by atoms with Crippen LogP contribution in [0.15, 0.2) is 67.8 Å². The molecule has 8 heteroatoms. The number of carbonyl (C=O) groups excluding carboxylic acids is 3. The highest BCUT2D eigenvalue weighted by Gasteiger charge is 2.53. The Morgan fingerprint density at radius 1 is 1.10 bits per heavy atom. The molecule has 1 fully saturated rings. The molecule has 0 radical (unpaired) electrons. The van der Waals surface area contributed by atoms with E-state index >= 15 is 0 Å². The third-order valence-corrected chi connectivity index (χ3v) is 7.25. The van der Waals surface area contributed by atoms with Crippen LogP contribution in [0, 0.1) is 5.41 Å². The van der Waals surface area contributed by atoms with Gasteiger partial charge in [0.2, 0.25) is 5.91 Å². The van der Waals surface area contributed by atoms with Crippen molar-refractivity contribution in [1.82, 2.24) is 10.2 Å². The number of methoxy groups -OCH3 is 2. The van der Waals surface area contributed by atoms with Gasteiger partial charge in [0.1, 0.15) is 17.7 Å². The lowest BCUT2D eigenvalue weighted by atomic mass is 9.85. The topological polar surface area (TPSA) is 94.2 Å². The SMILES string of the molecule is C=CCCOC(=O)NC(C(=O)N1C[C@](OC)(c2cccc(-c3cccc(C=C)c3)c2)C[C@H]1C(=O)OC)C(C)(C)C. The third kappa shape index (κ3) is 6.80. The van der Waals surface area contributed by atoms with Crippen molar-refractivity contribution in [3.63, 3.8) is 0 Å². The van der Waals surface area contributed by atoms with E-state index in [0.29, 0.717) is 6.42 Å². The standard InChI is InChI=1S/C32H40N2O6/c1-8-10-17-40-30(37)33-27(31(3,4)5)28(35)34-21-32(39-7,20-26(34)29(36)38-6)25-16-12-15-24(19-25)23-14-11-13-22(9-2)18-23/h8-9,11-16,18-19,26-27H,1-2,10,17,20-21H2,3-7H3,(H,33,37)/t26-,27?,32-/m0/s1. The maximum Gasteiger partial charge on any atom is 0.407 e.